The molecule has 2 aliphatic rings. The average Bonchev–Trinajstić information content (AvgIpc) is 2.28. The molecule has 1 aliphatic heterocycles. The molecule has 0 aromatic carbocycles. The second-order valence-corrected chi connectivity index (χ2v) is 3.23. The third-order valence-corrected chi connectivity index (χ3v) is 2.47. The average molecular weight is 168 g/mol. The maximum atomic E-state index is 11.0. The van der Waals surface area contributed by atoms with E-state index in [-0.39, 0.29) is 18.1 Å². The summed E-state index contributed by atoms with van der Waals surface area (Å²) in [6.45, 7) is 0. The zero-order valence-corrected chi connectivity index (χ0v) is 6.41. The van der Waals surface area contributed by atoms with Crippen LogP contribution in [0, 0.1) is 11.8 Å². The standard InChI is InChI=1S/C8H8O4/c9-4-1-2-5-6(3-4)8(11)12-7(5)10/h5-6H,1-3H2. The number of hydrogen-bond donors (Lipinski definition) is 0. The normalized spacial score (nSPS) is 34.8. The van der Waals surface area contributed by atoms with Gasteiger partial charge in [0, 0.05) is 12.8 Å². The van der Waals surface area contributed by atoms with Crippen molar-refractivity contribution in [2.45, 2.75) is 19.3 Å². The minimum absolute atomic E-state index is 0.0582. The van der Waals surface area contributed by atoms with Gasteiger partial charge in [0.1, 0.15) is 5.78 Å². The van der Waals surface area contributed by atoms with Crippen LogP contribution in [0.3, 0.4) is 0 Å². The first kappa shape index (κ1) is 7.46. The van der Waals surface area contributed by atoms with Crippen LogP contribution in [-0.2, 0) is 19.1 Å². The first-order valence-corrected chi connectivity index (χ1v) is 3.95. The van der Waals surface area contributed by atoms with Crippen LogP contribution in [0.1, 0.15) is 19.3 Å². The van der Waals surface area contributed by atoms with E-state index in [9.17, 15) is 14.4 Å². The topological polar surface area (TPSA) is 60.4 Å². The largest absolute Gasteiger partial charge is 0.393 e. The van der Waals surface area contributed by atoms with Crippen molar-refractivity contribution in [1.29, 1.82) is 0 Å². The number of carbonyl (C=O) groups is 3. The van der Waals surface area contributed by atoms with Crippen molar-refractivity contribution in [3.8, 4) is 0 Å². The molecule has 2 atom stereocenters. The van der Waals surface area contributed by atoms with Crippen molar-refractivity contribution in [2.75, 3.05) is 0 Å². The number of cyclic esters (lactones) is 2. The predicted molar refractivity (Wildman–Crippen MR) is 36.9 cm³/mol. The molecular formula is C8H8O4. The second kappa shape index (κ2) is 2.40. The van der Waals surface area contributed by atoms with Crippen LogP contribution in [0.5, 0.6) is 0 Å². The number of carbonyl (C=O) groups excluding carboxylic acids is 3. The van der Waals surface area contributed by atoms with E-state index in [0.717, 1.165) is 0 Å². The molecule has 0 aromatic heterocycles. The van der Waals surface area contributed by atoms with Crippen molar-refractivity contribution in [3.63, 3.8) is 0 Å². The highest BCUT2D eigenvalue weighted by molar-refractivity contribution is 6.00. The zero-order chi connectivity index (χ0) is 8.72. The fourth-order valence-corrected chi connectivity index (χ4v) is 1.79. The number of hydrogen-bond acceptors (Lipinski definition) is 4. The Kier molecular flexibility index (Phi) is 1.49. The van der Waals surface area contributed by atoms with E-state index in [1.54, 1.807) is 0 Å². The molecule has 1 aliphatic carbocycles. The van der Waals surface area contributed by atoms with E-state index in [0.29, 0.717) is 12.8 Å². The summed E-state index contributed by atoms with van der Waals surface area (Å²) in [5.41, 5.74) is 0. The Morgan fingerprint density at radius 2 is 1.75 bits per heavy atom. The van der Waals surface area contributed by atoms with Crippen molar-refractivity contribution < 1.29 is 19.1 Å². The zero-order valence-electron chi connectivity index (χ0n) is 6.41. The van der Waals surface area contributed by atoms with Gasteiger partial charge < -0.3 is 4.74 Å². The lowest BCUT2D eigenvalue weighted by Gasteiger charge is -2.17. The second-order valence-electron chi connectivity index (χ2n) is 3.23. The van der Waals surface area contributed by atoms with E-state index < -0.39 is 17.9 Å². The van der Waals surface area contributed by atoms with Gasteiger partial charge in [-0.3, -0.25) is 14.4 Å². The van der Waals surface area contributed by atoms with Crippen LogP contribution in [0.25, 0.3) is 0 Å². The molecule has 0 bridgehead atoms. The number of ketones is 1. The molecule has 4 heteroatoms. The van der Waals surface area contributed by atoms with E-state index in [1.165, 1.54) is 0 Å². The van der Waals surface area contributed by atoms with Crippen molar-refractivity contribution in [1.82, 2.24) is 0 Å². The summed E-state index contributed by atoms with van der Waals surface area (Å²) in [4.78, 5) is 32.9. The molecule has 64 valence electrons. The van der Waals surface area contributed by atoms with Crippen LogP contribution < -0.4 is 0 Å². The van der Waals surface area contributed by atoms with Gasteiger partial charge in [-0.25, -0.2) is 0 Å². The lowest BCUT2D eigenvalue weighted by atomic mass is 9.80. The van der Waals surface area contributed by atoms with Crippen LogP contribution in [0.2, 0.25) is 0 Å². The Balaban J connectivity index is 2.22. The molecule has 1 saturated carbocycles. The van der Waals surface area contributed by atoms with Gasteiger partial charge in [-0.2, -0.15) is 0 Å². The number of fused-ring (bicyclic) bond motifs is 1. The summed E-state index contributed by atoms with van der Waals surface area (Å²) >= 11 is 0. The SMILES string of the molecule is O=C1CCC2C(=O)OC(=O)C2C1. The van der Waals surface area contributed by atoms with Crippen molar-refractivity contribution in [2.24, 2.45) is 11.8 Å². The number of Topliss-reactive ketones (excluding diaryl/α,β-unsaturated/α-hetero) is 1. The van der Waals surface area contributed by atoms with Gasteiger partial charge in [0.15, 0.2) is 0 Å². The Hall–Kier alpha value is -1.19. The molecule has 0 amide bonds. The molecule has 2 unspecified atom stereocenters. The Morgan fingerprint density at radius 1 is 1.08 bits per heavy atom. The van der Waals surface area contributed by atoms with Crippen LogP contribution in [0.15, 0.2) is 0 Å². The highest BCUT2D eigenvalue weighted by Crippen LogP contribution is 2.34. The highest BCUT2D eigenvalue weighted by atomic mass is 16.6. The van der Waals surface area contributed by atoms with Gasteiger partial charge in [-0.1, -0.05) is 0 Å². The quantitative estimate of drug-likeness (QED) is 0.379. The lowest BCUT2D eigenvalue weighted by molar-refractivity contribution is -0.154. The van der Waals surface area contributed by atoms with Crippen molar-refractivity contribution in [3.05, 3.63) is 0 Å². The van der Waals surface area contributed by atoms with Gasteiger partial charge >= 0.3 is 11.9 Å². The third kappa shape index (κ3) is 0.948. The molecule has 4 nitrogen and oxygen atoms in total. The van der Waals surface area contributed by atoms with Crippen molar-refractivity contribution >= 4 is 17.7 Å². The minimum atomic E-state index is -0.516. The van der Waals surface area contributed by atoms with Gasteiger partial charge in [0.25, 0.3) is 0 Å². The molecule has 0 aromatic rings. The molecule has 0 radical (unpaired) electrons. The maximum Gasteiger partial charge on any atom is 0.317 e. The predicted octanol–water partition coefficient (Wildman–Crippen LogP) is 0.0552. The van der Waals surface area contributed by atoms with Crippen LogP contribution in [-0.4, -0.2) is 17.7 Å². The highest BCUT2D eigenvalue weighted by Gasteiger charge is 2.47. The molecule has 12 heavy (non-hydrogen) atoms. The summed E-state index contributed by atoms with van der Waals surface area (Å²) in [5.74, 6) is -1.72. The Morgan fingerprint density at radius 3 is 2.50 bits per heavy atom. The first-order valence-electron chi connectivity index (χ1n) is 3.95. The van der Waals surface area contributed by atoms with E-state index >= 15 is 0 Å². The molecule has 2 fully saturated rings. The number of rotatable bonds is 0. The number of esters is 2. The fraction of sp³-hybridized carbons (Fsp3) is 0.625. The summed E-state index contributed by atoms with van der Waals surface area (Å²) < 4.78 is 4.43. The maximum absolute atomic E-state index is 11.0. The minimum Gasteiger partial charge on any atom is -0.393 e. The van der Waals surface area contributed by atoms with Gasteiger partial charge in [-0.15, -0.1) is 0 Å². The smallest absolute Gasteiger partial charge is 0.317 e. The Bertz CT molecular complexity index is 268. The lowest BCUT2D eigenvalue weighted by Crippen LogP contribution is -2.26. The van der Waals surface area contributed by atoms with Crippen LogP contribution in [0.4, 0.5) is 0 Å². The third-order valence-electron chi connectivity index (χ3n) is 2.47. The summed E-state index contributed by atoms with van der Waals surface area (Å²) in [6.07, 6.45) is 1.08. The van der Waals surface area contributed by atoms with Gasteiger partial charge in [0.2, 0.25) is 0 Å². The molecule has 1 heterocycles. The summed E-state index contributed by atoms with van der Waals surface area (Å²) in [5, 5.41) is 0. The summed E-state index contributed by atoms with van der Waals surface area (Å²) in [7, 11) is 0. The molecule has 2 rings (SSSR count). The number of ether oxygens (including phenoxy) is 1. The molecule has 0 N–H and O–H groups in total. The Labute approximate surface area is 68.9 Å². The molecule has 0 spiro atoms. The fourth-order valence-electron chi connectivity index (χ4n) is 1.79. The van der Waals surface area contributed by atoms with E-state index in [2.05, 4.69) is 4.74 Å². The van der Waals surface area contributed by atoms with Crippen LogP contribution >= 0.6 is 0 Å². The van der Waals surface area contributed by atoms with E-state index in [4.69, 9.17) is 0 Å². The van der Waals surface area contributed by atoms with Gasteiger partial charge in [0.05, 0.1) is 11.8 Å². The van der Waals surface area contributed by atoms with E-state index in [1.807, 2.05) is 0 Å². The van der Waals surface area contributed by atoms with Gasteiger partial charge in [-0.05, 0) is 6.42 Å². The first-order chi connectivity index (χ1) is 5.68. The molecular weight excluding hydrogens is 160 g/mol. The summed E-state index contributed by atoms with van der Waals surface area (Å²) in [6, 6.07) is 0. The monoisotopic (exact) mass is 168 g/mol. The molecule has 1 saturated heterocycles.